The van der Waals surface area contributed by atoms with E-state index >= 15 is 0 Å². The van der Waals surface area contributed by atoms with E-state index in [0.717, 1.165) is 30.4 Å². The molecule has 0 atom stereocenters. The van der Waals surface area contributed by atoms with E-state index in [4.69, 9.17) is 0 Å². The molecular formula is C12H11F3O3. The van der Waals surface area contributed by atoms with E-state index in [9.17, 15) is 23.1 Å². The third-order valence-corrected chi connectivity index (χ3v) is 2.04. The summed E-state index contributed by atoms with van der Waals surface area (Å²) in [5, 5.41) is 9.37. The van der Waals surface area contributed by atoms with E-state index in [2.05, 4.69) is 4.74 Å². The van der Waals surface area contributed by atoms with Gasteiger partial charge in [-0.2, -0.15) is 13.2 Å². The van der Waals surface area contributed by atoms with Crippen LogP contribution in [-0.4, -0.2) is 17.7 Å². The Kier molecular flexibility index (Phi) is 4.36. The fourth-order valence-corrected chi connectivity index (χ4v) is 1.21. The van der Waals surface area contributed by atoms with Crippen LogP contribution in [0.2, 0.25) is 0 Å². The van der Waals surface area contributed by atoms with Crippen molar-refractivity contribution in [2.45, 2.75) is 13.1 Å². The maximum Gasteiger partial charge on any atom is 0.416 e. The van der Waals surface area contributed by atoms with Gasteiger partial charge in [-0.05, 0) is 31.2 Å². The van der Waals surface area contributed by atoms with Gasteiger partial charge < -0.3 is 9.84 Å². The highest BCUT2D eigenvalue weighted by Crippen LogP contribution is 2.32. The first-order valence-electron chi connectivity index (χ1n) is 5.09. The van der Waals surface area contributed by atoms with E-state index in [1.54, 1.807) is 6.92 Å². The second kappa shape index (κ2) is 5.57. The molecule has 0 spiro atoms. The largest absolute Gasteiger partial charge is 0.507 e. The minimum absolute atomic E-state index is 0.0992. The molecule has 0 unspecified atom stereocenters. The van der Waals surface area contributed by atoms with E-state index in [0.29, 0.717) is 0 Å². The van der Waals surface area contributed by atoms with Crippen LogP contribution >= 0.6 is 0 Å². The number of esters is 1. The fourth-order valence-electron chi connectivity index (χ4n) is 1.21. The van der Waals surface area contributed by atoms with Gasteiger partial charge in [0.05, 0.1) is 12.2 Å². The molecule has 6 heteroatoms. The highest BCUT2D eigenvalue weighted by Gasteiger charge is 2.30. The van der Waals surface area contributed by atoms with Crippen LogP contribution in [-0.2, 0) is 15.7 Å². The molecule has 0 amide bonds. The van der Waals surface area contributed by atoms with Crippen molar-refractivity contribution in [2.75, 3.05) is 6.61 Å². The summed E-state index contributed by atoms with van der Waals surface area (Å²) in [6.07, 6.45) is -2.47. The molecule has 1 aromatic carbocycles. The quantitative estimate of drug-likeness (QED) is 0.671. The zero-order valence-corrected chi connectivity index (χ0v) is 9.49. The zero-order valence-electron chi connectivity index (χ0n) is 9.49. The topological polar surface area (TPSA) is 46.5 Å². The molecule has 0 saturated heterocycles. The van der Waals surface area contributed by atoms with Crippen molar-refractivity contribution < 1.29 is 27.8 Å². The summed E-state index contributed by atoms with van der Waals surface area (Å²) in [5.74, 6) is -1.03. The van der Waals surface area contributed by atoms with Gasteiger partial charge in [0.25, 0.3) is 0 Å². The van der Waals surface area contributed by atoms with Crippen LogP contribution in [0.3, 0.4) is 0 Å². The van der Waals surface area contributed by atoms with Crippen molar-refractivity contribution in [1.29, 1.82) is 0 Å². The Morgan fingerprint density at radius 3 is 2.67 bits per heavy atom. The lowest BCUT2D eigenvalue weighted by Crippen LogP contribution is -2.04. The number of phenols is 1. The molecule has 0 aliphatic heterocycles. The van der Waals surface area contributed by atoms with Crippen molar-refractivity contribution in [1.82, 2.24) is 0 Å². The highest BCUT2D eigenvalue weighted by molar-refractivity contribution is 5.87. The number of carbonyl (C=O) groups excluding carboxylic acids is 1. The molecule has 0 heterocycles. The van der Waals surface area contributed by atoms with E-state index in [-0.39, 0.29) is 17.9 Å². The predicted octanol–water partition coefficient (Wildman–Crippen LogP) is 2.99. The minimum Gasteiger partial charge on any atom is -0.507 e. The number of benzene rings is 1. The van der Waals surface area contributed by atoms with Crippen LogP contribution in [0.1, 0.15) is 18.1 Å². The lowest BCUT2D eigenvalue weighted by molar-refractivity contribution is -0.138. The molecule has 0 fully saturated rings. The molecule has 0 aromatic heterocycles. The molecule has 1 N–H and O–H groups in total. The van der Waals surface area contributed by atoms with Gasteiger partial charge >= 0.3 is 12.1 Å². The third kappa shape index (κ3) is 3.80. The first-order chi connectivity index (χ1) is 8.34. The Bertz CT molecular complexity index is 464. The summed E-state index contributed by atoms with van der Waals surface area (Å²) < 4.78 is 41.8. The predicted molar refractivity (Wildman–Crippen MR) is 58.8 cm³/mol. The van der Waals surface area contributed by atoms with Crippen molar-refractivity contribution in [3.63, 3.8) is 0 Å². The Morgan fingerprint density at radius 2 is 2.11 bits per heavy atom. The smallest absolute Gasteiger partial charge is 0.416 e. The average Bonchev–Trinajstić information content (AvgIpc) is 2.26. The number of hydrogen-bond acceptors (Lipinski definition) is 3. The number of carbonyl (C=O) groups is 1. The van der Waals surface area contributed by atoms with Gasteiger partial charge in [0, 0.05) is 11.6 Å². The number of ether oxygens (including phenoxy) is 1. The van der Waals surface area contributed by atoms with Gasteiger partial charge in [-0.1, -0.05) is 0 Å². The maximum absolute atomic E-state index is 12.4. The Morgan fingerprint density at radius 1 is 1.44 bits per heavy atom. The van der Waals surface area contributed by atoms with Gasteiger partial charge in [-0.3, -0.25) is 0 Å². The van der Waals surface area contributed by atoms with Crippen LogP contribution in [0.15, 0.2) is 24.3 Å². The maximum atomic E-state index is 12.4. The molecule has 3 nitrogen and oxygen atoms in total. The number of hydrogen-bond donors (Lipinski definition) is 1. The van der Waals surface area contributed by atoms with Gasteiger partial charge in [-0.15, -0.1) is 0 Å². The fraction of sp³-hybridized carbons (Fsp3) is 0.250. The molecule has 0 aliphatic rings. The van der Waals surface area contributed by atoms with Crippen LogP contribution < -0.4 is 0 Å². The van der Waals surface area contributed by atoms with Gasteiger partial charge in [0.15, 0.2) is 0 Å². The van der Waals surface area contributed by atoms with Gasteiger partial charge in [0.1, 0.15) is 5.75 Å². The lowest BCUT2D eigenvalue weighted by atomic mass is 10.1. The van der Waals surface area contributed by atoms with E-state index < -0.39 is 17.7 Å². The molecule has 18 heavy (non-hydrogen) atoms. The lowest BCUT2D eigenvalue weighted by Gasteiger charge is -2.08. The summed E-state index contributed by atoms with van der Waals surface area (Å²) in [4.78, 5) is 11.0. The van der Waals surface area contributed by atoms with Crippen molar-refractivity contribution in [3.05, 3.63) is 35.4 Å². The van der Waals surface area contributed by atoms with Crippen molar-refractivity contribution >= 4 is 12.0 Å². The van der Waals surface area contributed by atoms with Crippen LogP contribution in [0.5, 0.6) is 5.75 Å². The first-order valence-corrected chi connectivity index (χ1v) is 5.09. The molecule has 0 radical (unpaired) electrons. The molecule has 0 bridgehead atoms. The summed E-state index contributed by atoms with van der Waals surface area (Å²) in [6.45, 7) is 1.77. The van der Waals surface area contributed by atoms with E-state index in [1.807, 2.05) is 0 Å². The number of rotatable bonds is 3. The normalized spacial score (nSPS) is 11.8. The second-order valence-corrected chi connectivity index (χ2v) is 3.36. The molecule has 1 rings (SSSR count). The standard InChI is InChI=1S/C12H11F3O3/c1-2-18-11(17)6-3-8-7-9(12(13,14)15)4-5-10(8)16/h3-7,16H,2H2,1H3. The highest BCUT2D eigenvalue weighted by atomic mass is 19.4. The number of phenolic OH excluding ortho intramolecular Hbond substituents is 1. The number of alkyl halides is 3. The second-order valence-electron chi connectivity index (χ2n) is 3.36. The number of aromatic hydroxyl groups is 1. The van der Waals surface area contributed by atoms with Crippen LogP contribution in [0, 0.1) is 0 Å². The van der Waals surface area contributed by atoms with Crippen LogP contribution in [0.4, 0.5) is 13.2 Å². The molecule has 1 aromatic rings. The van der Waals surface area contributed by atoms with Crippen molar-refractivity contribution in [2.24, 2.45) is 0 Å². The summed E-state index contributed by atoms with van der Waals surface area (Å²) in [5.41, 5.74) is -0.998. The summed E-state index contributed by atoms with van der Waals surface area (Å²) in [7, 11) is 0. The Balaban J connectivity index is 2.98. The van der Waals surface area contributed by atoms with Crippen LogP contribution in [0.25, 0.3) is 6.08 Å². The Labute approximate surface area is 101 Å². The van der Waals surface area contributed by atoms with Gasteiger partial charge in [0.2, 0.25) is 0 Å². The van der Waals surface area contributed by atoms with Gasteiger partial charge in [-0.25, -0.2) is 4.79 Å². The third-order valence-electron chi connectivity index (χ3n) is 2.04. The SMILES string of the molecule is CCOC(=O)C=Cc1cc(C(F)(F)F)ccc1O. The molecular weight excluding hydrogens is 249 g/mol. The average molecular weight is 260 g/mol. The zero-order chi connectivity index (χ0) is 13.8. The summed E-state index contributed by atoms with van der Waals surface area (Å²) >= 11 is 0. The Hall–Kier alpha value is -1.98. The van der Waals surface area contributed by atoms with E-state index in [1.165, 1.54) is 0 Å². The number of halogens is 3. The summed E-state index contributed by atoms with van der Waals surface area (Å²) in [6, 6.07) is 2.44. The monoisotopic (exact) mass is 260 g/mol. The first kappa shape index (κ1) is 14.1. The van der Waals surface area contributed by atoms with Crippen molar-refractivity contribution in [3.8, 4) is 5.75 Å². The molecule has 0 saturated carbocycles. The molecule has 98 valence electrons. The molecule has 0 aliphatic carbocycles. The minimum atomic E-state index is -4.50.